The van der Waals surface area contributed by atoms with Gasteiger partial charge in [0.05, 0.1) is 17.8 Å². The summed E-state index contributed by atoms with van der Waals surface area (Å²) in [6, 6.07) is 14.5. The Morgan fingerprint density at radius 3 is 2.67 bits per heavy atom. The number of ether oxygens (including phenoxy) is 1. The number of carbonyl (C=O) groups is 1. The molecule has 0 unspecified atom stereocenters. The van der Waals surface area contributed by atoms with Crippen LogP contribution in [0.5, 0.6) is 5.75 Å². The highest BCUT2D eigenvalue weighted by atomic mass is 16.5. The van der Waals surface area contributed by atoms with E-state index >= 15 is 0 Å². The van der Waals surface area contributed by atoms with Gasteiger partial charge < -0.3 is 10.1 Å². The predicted molar refractivity (Wildman–Crippen MR) is 132 cm³/mol. The Labute approximate surface area is 198 Å². The van der Waals surface area contributed by atoms with Gasteiger partial charge in [0.2, 0.25) is 5.91 Å². The number of piperidine rings is 1. The number of nitrogens with zero attached hydrogens (tertiary/aromatic N) is 2. The lowest BCUT2D eigenvalue weighted by Gasteiger charge is -2.38. The Hall–Kier alpha value is -2.40. The maximum absolute atomic E-state index is 12.9. The van der Waals surface area contributed by atoms with Gasteiger partial charge in [-0.05, 0) is 80.8 Å². The first-order valence-corrected chi connectivity index (χ1v) is 12.6. The number of likely N-dealkylation sites (tertiary alicyclic amines) is 1. The fourth-order valence-electron chi connectivity index (χ4n) is 5.03. The molecule has 5 heteroatoms. The Morgan fingerprint density at radius 2 is 1.94 bits per heavy atom. The van der Waals surface area contributed by atoms with Crippen LogP contribution in [-0.4, -0.2) is 35.0 Å². The van der Waals surface area contributed by atoms with Crippen LogP contribution in [0, 0.1) is 11.3 Å². The maximum atomic E-state index is 12.9. The minimum atomic E-state index is -0.429. The number of pyridine rings is 1. The summed E-state index contributed by atoms with van der Waals surface area (Å²) in [6.45, 7) is 8.81. The van der Waals surface area contributed by atoms with Crippen LogP contribution < -0.4 is 10.1 Å². The van der Waals surface area contributed by atoms with Gasteiger partial charge in [-0.2, -0.15) is 0 Å². The van der Waals surface area contributed by atoms with Crippen LogP contribution >= 0.6 is 0 Å². The standard InChI is InChI=1S/C28H39N3O2/c1-28(2,3)27(32)30-26(25-15-6-7-16-29-25)22-11-9-17-31(20-22)19-21-10-8-14-24(18-21)33-23-12-4-5-13-23/h6-8,10,14-16,18,22-23,26H,4-5,9,11-13,17,19-20H2,1-3H3,(H,30,32)/t22-,26+/m1/s1. The summed E-state index contributed by atoms with van der Waals surface area (Å²) in [5, 5.41) is 3.33. The Balaban J connectivity index is 1.44. The van der Waals surface area contributed by atoms with Crippen molar-refractivity contribution in [1.29, 1.82) is 0 Å². The zero-order valence-corrected chi connectivity index (χ0v) is 20.4. The molecule has 1 aromatic carbocycles. The molecule has 2 aliphatic rings. The van der Waals surface area contributed by atoms with Gasteiger partial charge in [0.1, 0.15) is 5.75 Å². The molecule has 2 atom stereocenters. The molecule has 1 aliphatic carbocycles. The van der Waals surface area contributed by atoms with E-state index in [0.29, 0.717) is 12.0 Å². The first-order chi connectivity index (χ1) is 15.9. The lowest BCUT2D eigenvalue weighted by Crippen LogP contribution is -2.45. The number of hydrogen-bond acceptors (Lipinski definition) is 4. The number of benzene rings is 1. The molecule has 1 aliphatic heterocycles. The maximum Gasteiger partial charge on any atom is 0.225 e. The summed E-state index contributed by atoms with van der Waals surface area (Å²) in [4.78, 5) is 20.0. The normalized spacial score (nSPS) is 21.0. The molecule has 1 saturated carbocycles. The Morgan fingerprint density at radius 1 is 1.12 bits per heavy atom. The topological polar surface area (TPSA) is 54.5 Å². The molecule has 33 heavy (non-hydrogen) atoms. The van der Waals surface area contributed by atoms with Crippen LogP contribution in [-0.2, 0) is 11.3 Å². The summed E-state index contributed by atoms with van der Waals surface area (Å²) >= 11 is 0. The van der Waals surface area contributed by atoms with Crippen LogP contribution in [0.2, 0.25) is 0 Å². The number of rotatable bonds is 7. The Kier molecular flexibility index (Phi) is 7.69. The van der Waals surface area contributed by atoms with Gasteiger partial charge >= 0.3 is 0 Å². The van der Waals surface area contributed by atoms with Crippen molar-refractivity contribution in [3.8, 4) is 5.75 Å². The van der Waals surface area contributed by atoms with Crippen molar-refractivity contribution in [3.05, 3.63) is 59.9 Å². The molecule has 2 aromatic rings. The molecule has 1 saturated heterocycles. The molecule has 1 amide bonds. The third kappa shape index (κ3) is 6.57. The van der Waals surface area contributed by atoms with Crippen LogP contribution in [0.1, 0.15) is 76.6 Å². The van der Waals surface area contributed by atoms with Crippen molar-refractivity contribution < 1.29 is 9.53 Å². The Bertz CT molecular complexity index is 903. The molecule has 0 radical (unpaired) electrons. The average molecular weight is 450 g/mol. The average Bonchev–Trinajstić information content (AvgIpc) is 3.31. The quantitative estimate of drug-likeness (QED) is 0.605. The lowest BCUT2D eigenvalue weighted by atomic mass is 9.86. The van der Waals surface area contributed by atoms with Gasteiger partial charge in [0, 0.05) is 24.7 Å². The zero-order valence-electron chi connectivity index (χ0n) is 20.4. The molecule has 0 spiro atoms. The molecule has 178 valence electrons. The molecule has 1 aromatic heterocycles. The number of amides is 1. The molecule has 5 nitrogen and oxygen atoms in total. The van der Waals surface area contributed by atoms with Crippen LogP contribution in [0.3, 0.4) is 0 Å². The largest absolute Gasteiger partial charge is 0.490 e. The number of carbonyl (C=O) groups excluding carboxylic acids is 1. The van der Waals surface area contributed by atoms with Crippen molar-refractivity contribution >= 4 is 5.91 Å². The minimum absolute atomic E-state index is 0.0715. The fourth-order valence-corrected chi connectivity index (χ4v) is 5.03. The molecule has 4 rings (SSSR count). The van der Waals surface area contributed by atoms with E-state index in [4.69, 9.17) is 4.74 Å². The highest BCUT2D eigenvalue weighted by Gasteiger charge is 2.33. The smallest absolute Gasteiger partial charge is 0.225 e. The second-order valence-corrected chi connectivity index (χ2v) is 10.8. The van der Waals surface area contributed by atoms with Crippen LogP contribution in [0.15, 0.2) is 48.7 Å². The third-order valence-electron chi connectivity index (χ3n) is 6.90. The number of hydrogen-bond donors (Lipinski definition) is 1. The molecule has 2 fully saturated rings. The van der Waals surface area contributed by atoms with Crippen molar-refractivity contribution in [2.45, 2.75) is 78.0 Å². The molecule has 1 N–H and O–H groups in total. The van der Waals surface area contributed by atoms with E-state index in [-0.39, 0.29) is 11.9 Å². The summed E-state index contributed by atoms with van der Waals surface area (Å²) in [5.41, 5.74) is 1.81. The number of aromatic nitrogens is 1. The van der Waals surface area contributed by atoms with Gasteiger partial charge in [0.25, 0.3) is 0 Å². The van der Waals surface area contributed by atoms with Crippen molar-refractivity contribution in [2.75, 3.05) is 13.1 Å². The molecular weight excluding hydrogens is 410 g/mol. The van der Waals surface area contributed by atoms with E-state index < -0.39 is 5.41 Å². The highest BCUT2D eigenvalue weighted by Crippen LogP contribution is 2.31. The summed E-state index contributed by atoms with van der Waals surface area (Å²) in [6.07, 6.45) is 9.32. The van der Waals surface area contributed by atoms with E-state index in [1.807, 2.05) is 45.2 Å². The van der Waals surface area contributed by atoms with Gasteiger partial charge in [0.15, 0.2) is 0 Å². The van der Waals surface area contributed by atoms with Crippen molar-refractivity contribution in [2.24, 2.45) is 11.3 Å². The molecule has 0 bridgehead atoms. The van der Waals surface area contributed by atoms with Gasteiger partial charge in [-0.15, -0.1) is 0 Å². The van der Waals surface area contributed by atoms with Crippen molar-refractivity contribution in [1.82, 2.24) is 15.2 Å². The van der Waals surface area contributed by atoms with E-state index in [2.05, 4.69) is 39.5 Å². The first kappa shape index (κ1) is 23.7. The lowest BCUT2D eigenvalue weighted by molar-refractivity contribution is -0.130. The van der Waals surface area contributed by atoms with E-state index in [0.717, 1.165) is 43.9 Å². The summed E-state index contributed by atoms with van der Waals surface area (Å²) < 4.78 is 6.22. The van der Waals surface area contributed by atoms with Gasteiger partial charge in [-0.25, -0.2) is 0 Å². The second-order valence-electron chi connectivity index (χ2n) is 10.8. The van der Waals surface area contributed by atoms with E-state index in [1.165, 1.54) is 31.2 Å². The van der Waals surface area contributed by atoms with Crippen molar-refractivity contribution in [3.63, 3.8) is 0 Å². The monoisotopic (exact) mass is 449 g/mol. The second kappa shape index (κ2) is 10.7. The van der Waals surface area contributed by atoms with E-state index in [1.54, 1.807) is 0 Å². The summed E-state index contributed by atoms with van der Waals surface area (Å²) in [5.74, 6) is 1.40. The SMILES string of the molecule is CC(C)(C)C(=O)N[C@H](c1ccccn1)[C@@H]1CCCN(Cc2cccc(OC3CCCC3)c2)C1. The summed E-state index contributed by atoms with van der Waals surface area (Å²) in [7, 11) is 0. The highest BCUT2D eigenvalue weighted by molar-refractivity contribution is 5.81. The van der Waals surface area contributed by atoms with Crippen LogP contribution in [0.25, 0.3) is 0 Å². The molecule has 2 heterocycles. The van der Waals surface area contributed by atoms with Gasteiger partial charge in [-0.1, -0.05) is 39.0 Å². The fraction of sp³-hybridized carbons (Fsp3) is 0.571. The third-order valence-corrected chi connectivity index (χ3v) is 6.90. The van der Waals surface area contributed by atoms with Crippen LogP contribution in [0.4, 0.5) is 0 Å². The van der Waals surface area contributed by atoms with E-state index in [9.17, 15) is 4.79 Å². The van der Waals surface area contributed by atoms with Gasteiger partial charge in [-0.3, -0.25) is 14.7 Å². The number of nitrogens with one attached hydrogen (secondary N) is 1. The molecular formula is C28H39N3O2. The first-order valence-electron chi connectivity index (χ1n) is 12.6. The predicted octanol–water partition coefficient (Wildman–Crippen LogP) is 5.52. The zero-order chi connectivity index (χ0) is 23.3. The minimum Gasteiger partial charge on any atom is -0.490 e.